The number of carbonyl (C=O) groups is 1. The normalized spacial score (nSPS) is 10.4. The highest BCUT2D eigenvalue weighted by Gasteiger charge is 2.04. The predicted octanol–water partition coefficient (Wildman–Crippen LogP) is 1.88. The molecule has 1 amide bonds. The summed E-state index contributed by atoms with van der Waals surface area (Å²) in [5, 5.41) is 0. The Morgan fingerprint density at radius 2 is 2.19 bits per heavy atom. The van der Waals surface area contributed by atoms with Crippen LogP contribution in [0.15, 0.2) is 28.6 Å². The summed E-state index contributed by atoms with van der Waals surface area (Å²) < 4.78 is 10.8. The highest BCUT2D eigenvalue weighted by molar-refractivity contribution is 8.00. The first-order chi connectivity index (χ1) is 10.2. The van der Waals surface area contributed by atoms with E-state index in [9.17, 15) is 4.79 Å². The van der Waals surface area contributed by atoms with E-state index in [1.165, 1.54) is 11.5 Å². The first kappa shape index (κ1) is 15.7. The van der Waals surface area contributed by atoms with Crippen molar-refractivity contribution in [1.29, 1.82) is 0 Å². The minimum Gasteiger partial charge on any atom is -0.493 e. The van der Waals surface area contributed by atoms with Crippen LogP contribution in [-0.4, -0.2) is 27.6 Å². The summed E-state index contributed by atoms with van der Waals surface area (Å²) in [4.78, 5) is 15.6. The van der Waals surface area contributed by atoms with Crippen LogP contribution in [0, 0.1) is 0 Å². The summed E-state index contributed by atoms with van der Waals surface area (Å²) in [6.07, 6.45) is 0.857. The van der Waals surface area contributed by atoms with Gasteiger partial charge in [-0.3, -0.25) is 10.2 Å². The molecule has 0 bridgehead atoms. The second kappa shape index (κ2) is 7.96. The number of aromatic nitrogens is 2. The third kappa shape index (κ3) is 4.69. The Morgan fingerprint density at radius 1 is 1.43 bits per heavy atom. The molecule has 1 aromatic heterocycles. The molecule has 0 saturated heterocycles. The van der Waals surface area contributed by atoms with Gasteiger partial charge in [-0.05, 0) is 35.8 Å². The number of benzene rings is 1. The van der Waals surface area contributed by atoms with Crippen molar-refractivity contribution in [1.82, 2.24) is 14.8 Å². The molecule has 0 radical (unpaired) electrons. The maximum Gasteiger partial charge on any atom is 0.265 e. The molecule has 6 nitrogen and oxygen atoms in total. The number of rotatable bonds is 7. The number of hydrogen-bond acceptors (Lipinski definition) is 7. The maximum atomic E-state index is 11.3. The molecular weight excluding hydrogens is 308 g/mol. The van der Waals surface area contributed by atoms with E-state index < -0.39 is 0 Å². The van der Waals surface area contributed by atoms with E-state index in [4.69, 9.17) is 10.6 Å². The zero-order valence-corrected chi connectivity index (χ0v) is 13.2. The van der Waals surface area contributed by atoms with E-state index in [2.05, 4.69) is 14.8 Å². The summed E-state index contributed by atoms with van der Waals surface area (Å²) in [5.41, 5.74) is 2.58. The van der Waals surface area contributed by atoms with E-state index in [0.717, 1.165) is 28.1 Å². The lowest BCUT2D eigenvalue weighted by Gasteiger charge is -2.06. The fourth-order valence-electron chi connectivity index (χ4n) is 1.51. The Hall–Kier alpha value is -1.64. The van der Waals surface area contributed by atoms with Gasteiger partial charge in [-0.2, -0.15) is 4.37 Å². The van der Waals surface area contributed by atoms with Crippen molar-refractivity contribution in [2.75, 3.05) is 12.4 Å². The molecule has 2 rings (SSSR count). The van der Waals surface area contributed by atoms with Gasteiger partial charge in [-0.15, -0.1) is 0 Å². The molecule has 0 saturated carbocycles. The van der Waals surface area contributed by atoms with Crippen molar-refractivity contribution in [3.63, 3.8) is 0 Å². The molecule has 0 atom stereocenters. The molecular formula is C13H16N4O2S2. The number of carbonyl (C=O) groups excluding carboxylic acids is 1. The van der Waals surface area contributed by atoms with E-state index >= 15 is 0 Å². The van der Waals surface area contributed by atoms with Gasteiger partial charge in [0.05, 0.1) is 6.61 Å². The first-order valence-electron chi connectivity index (χ1n) is 6.42. The number of nitrogens with one attached hydrogen (secondary N) is 1. The quantitative estimate of drug-likeness (QED) is 0.266. The molecule has 112 valence electrons. The topological polar surface area (TPSA) is 90.1 Å². The van der Waals surface area contributed by atoms with E-state index in [-0.39, 0.29) is 5.91 Å². The van der Waals surface area contributed by atoms with Crippen molar-refractivity contribution in [3.05, 3.63) is 35.7 Å². The van der Waals surface area contributed by atoms with E-state index in [1.807, 2.05) is 6.92 Å². The second-order valence-electron chi connectivity index (χ2n) is 4.02. The standard InChI is InChI=1S/C13H16N4O2S2/c1-2-11-15-13(21-17-11)20-8-7-19-10-5-3-9(4-6-10)12(18)16-14/h3-6H,2,7-8,14H2,1H3,(H,16,18). The Bertz CT molecular complexity index is 586. The van der Waals surface area contributed by atoms with Gasteiger partial charge in [0, 0.05) is 17.7 Å². The van der Waals surface area contributed by atoms with Gasteiger partial charge >= 0.3 is 0 Å². The molecule has 0 spiro atoms. The van der Waals surface area contributed by atoms with E-state index in [0.29, 0.717) is 12.2 Å². The van der Waals surface area contributed by atoms with Crippen LogP contribution >= 0.6 is 23.3 Å². The highest BCUT2D eigenvalue weighted by atomic mass is 32.2. The number of hydrogen-bond donors (Lipinski definition) is 2. The third-order valence-corrected chi connectivity index (χ3v) is 4.43. The molecule has 1 aromatic carbocycles. The van der Waals surface area contributed by atoms with Gasteiger partial charge in [0.2, 0.25) is 0 Å². The fraction of sp³-hybridized carbons (Fsp3) is 0.308. The summed E-state index contributed by atoms with van der Waals surface area (Å²) in [6.45, 7) is 2.60. The van der Waals surface area contributed by atoms with Crippen LogP contribution in [0.5, 0.6) is 5.75 Å². The number of thioether (sulfide) groups is 1. The van der Waals surface area contributed by atoms with Crippen LogP contribution in [0.2, 0.25) is 0 Å². The van der Waals surface area contributed by atoms with E-state index in [1.54, 1.807) is 36.0 Å². The van der Waals surface area contributed by atoms with Crippen LogP contribution in [0.3, 0.4) is 0 Å². The molecule has 0 aliphatic rings. The zero-order chi connectivity index (χ0) is 15.1. The van der Waals surface area contributed by atoms with Crippen LogP contribution in [0.4, 0.5) is 0 Å². The second-order valence-corrected chi connectivity index (χ2v) is 6.12. The molecule has 8 heteroatoms. The minimum absolute atomic E-state index is 0.319. The van der Waals surface area contributed by atoms with Gasteiger partial charge in [0.1, 0.15) is 11.6 Å². The Balaban J connectivity index is 1.74. The predicted molar refractivity (Wildman–Crippen MR) is 83.6 cm³/mol. The number of amides is 1. The molecule has 21 heavy (non-hydrogen) atoms. The Labute approximate surface area is 131 Å². The molecule has 3 N–H and O–H groups in total. The summed E-state index contributed by atoms with van der Waals surface area (Å²) in [7, 11) is 0. The van der Waals surface area contributed by atoms with Crippen molar-refractivity contribution >= 4 is 29.2 Å². The van der Waals surface area contributed by atoms with Crippen molar-refractivity contribution < 1.29 is 9.53 Å². The average molecular weight is 324 g/mol. The van der Waals surface area contributed by atoms with Gasteiger partial charge in [0.15, 0.2) is 4.34 Å². The van der Waals surface area contributed by atoms with Crippen molar-refractivity contribution in [3.8, 4) is 5.75 Å². The lowest BCUT2D eigenvalue weighted by atomic mass is 10.2. The summed E-state index contributed by atoms with van der Waals surface area (Å²) in [5.74, 6) is 7.14. The molecule has 0 aliphatic carbocycles. The number of hydrazine groups is 1. The SMILES string of the molecule is CCc1nsc(SCCOc2ccc(C(=O)NN)cc2)n1. The zero-order valence-electron chi connectivity index (χ0n) is 11.5. The van der Waals surface area contributed by atoms with Gasteiger partial charge in [-0.25, -0.2) is 10.8 Å². The lowest BCUT2D eigenvalue weighted by Crippen LogP contribution is -2.29. The first-order valence-corrected chi connectivity index (χ1v) is 8.18. The average Bonchev–Trinajstić information content (AvgIpc) is 2.99. The van der Waals surface area contributed by atoms with Crippen molar-refractivity contribution in [2.24, 2.45) is 5.84 Å². The lowest BCUT2D eigenvalue weighted by molar-refractivity contribution is 0.0953. The fourth-order valence-corrected chi connectivity index (χ4v) is 3.10. The number of aryl methyl sites for hydroxylation is 1. The van der Waals surface area contributed by atoms with Crippen LogP contribution in [0.25, 0.3) is 0 Å². The summed E-state index contributed by atoms with van der Waals surface area (Å²) >= 11 is 3.04. The van der Waals surface area contributed by atoms with Crippen LogP contribution in [-0.2, 0) is 6.42 Å². The third-order valence-electron chi connectivity index (χ3n) is 2.59. The van der Waals surface area contributed by atoms with Crippen LogP contribution < -0.4 is 16.0 Å². The Morgan fingerprint density at radius 3 is 2.81 bits per heavy atom. The number of nitrogens with two attached hydrogens (primary N) is 1. The minimum atomic E-state index is -0.319. The highest BCUT2D eigenvalue weighted by Crippen LogP contribution is 2.20. The van der Waals surface area contributed by atoms with Crippen LogP contribution in [0.1, 0.15) is 23.1 Å². The summed E-state index contributed by atoms with van der Waals surface area (Å²) in [6, 6.07) is 6.83. The molecule has 0 aliphatic heterocycles. The Kier molecular flexibility index (Phi) is 5.97. The molecule has 2 aromatic rings. The molecule has 1 heterocycles. The number of ether oxygens (including phenoxy) is 1. The van der Waals surface area contributed by atoms with Gasteiger partial charge in [0.25, 0.3) is 5.91 Å². The maximum absolute atomic E-state index is 11.3. The number of nitrogen functional groups attached to an aromatic ring is 1. The number of nitrogens with zero attached hydrogens (tertiary/aromatic N) is 2. The molecule has 0 fully saturated rings. The largest absolute Gasteiger partial charge is 0.493 e. The monoisotopic (exact) mass is 324 g/mol. The van der Waals surface area contributed by atoms with Crippen molar-refractivity contribution in [2.45, 2.75) is 17.7 Å². The molecule has 0 unspecified atom stereocenters. The van der Waals surface area contributed by atoms with Gasteiger partial charge < -0.3 is 4.74 Å². The smallest absolute Gasteiger partial charge is 0.265 e. The van der Waals surface area contributed by atoms with Gasteiger partial charge in [-0.1, -0.05) is 18.7 Å².